The first-order chi connectivity index (χ1) is 7.10. The summed E-state index contributed by atoms with van der Waals surface area (Å²) >= 11 is 11.2. The number of pyridine rings is 1. The third kappa shape index (κ3) is 2.77. The lowest BCUT2D eigenvalue weighted by atomic mass is 10.1. The second-order valence-corrected chi connectivity index (χ2v) is 3.40. The van der Waals surface area contributed by atoms with Crippen molar-refractivity contribution in [2.75, 3.05) is 0 Å². The van der Waals surface area contributed by atoms with E-state index in [1.165, 1.54) is 0 Å². The Morgan fingerprint density at radius 3 is 2.60 bits per heavy atom. The van der Waals surface area contributed by atoms with Gasteiger partial charge in [0.25, 0.3) is 6.43 Å². The van der Waals surface area contributed by atoms with Gasteiger partial charge in [-0.15, -0.1) is 11.6 Å². The van der Waals surface area contributed by atoms with E-state index in [-0.39, 0.29) is 34.3 Å². The Morgan fingerprint density at radius 2 is 2.13 bits per heavy atom. The summed E-state index contributed by atoms with van der Waals surface area (Å²) in [6.07, 6.45) is -2.69. The Hall–Kier alpha value is -0.920. The predicted molar refractivity (Wildman–Crippen MR) is 53.1 cm³/mol. The highest BCUT2D eigenvalue weighted by Gasteiger charge is 2.16. The zero-order chi connectivity index (χ0) is 11.4. The van der Waals surface area contributed by atoms with Crippen molar-refractivity contribution in [1.82, 2.24) is 4.98 Å². The van der Waals surface area contributed by atoms with Crippen LogP contribution in [0.2, 0.25) is 5.02 Å². The lowest BCUT2D eigenvalue weighted by Crippen LogP contribution is -2.01. The van der Waals surface area contributed by atoms with Gasteiger partial charge < -0.3 is 0 Å². The third-order valence-corrected chi connectivity index (χ3v) is 2.35. The summed E-state index contributed by atoms with van der Waals surface area (Å²) in [6.45, 7) is 0. The van der Waals surface area contributed by atoms with Gasteiger partial charge in [0.15, 0.2) is 0 Å². The van der Waals surface area contributed by atoms with Crippen molar-refractivity contribution < 1.29 is 8.78 Å². The fourth-order valence-electron chi connectivity index (χ4n) is 1.08. The number of alkyl halides is 3. The minimum atomic E-state index is -2.67. The Labute approximate surface area is 95.4 Å². The molecule has 0 spiro atoms. The van der Waals surface area contributed by atoms with E-state index in [1.807, 2.05) is 6.07 Å². The van der Waals surface area contributed by atoms with E-state index in [9.17, 15) is 8.78 Å². The van der Waals surface area contributed by atoms with Crippen LogP contribution in [0.15, 0.2) is 6.07 Å². The summed E-state index contributed by atoms with van der Waals surface area (Å²) in [5.41, 5.74) is 0.0669. The van der Waals surface area contributed by atoms with Gasteiger partial charge in [-0.25, -0.2) is 8.78 Å². The molecule has 80 valence electrons. The van der Waals surface area contributed by atoms with Crippen LogP contribution in [-0.2, 0) is 12.3 Å². The molecule has 1 aromatic rings. The molecule has 0 saturated heterocycles. The maximum atomic E-state index is 12.5. The van der Waals surface area contributed by atoms with Crippen molar-refractivity contribution in [2.24, 2.45) is 0 Å². The molecule has 0 unspecified atom stereocenters. The van der Waals surface area contributed by atoms with Crippen LogP contribution >= 0.6 is 23.2 Å². The van der Waals surface area contributed by atoms with E-state index >= 15 is 0 Å². The van der Waals surface area contributed by atoms with Crippen LogP contribution in [-0.4, -0.2) is 4.98 Å². The monoisotopic (exact) mass is 250 g/mol. The molecular formula is C9H6Cl2F2N2. The second-order valence-electron chi connectivity index (χ2n) is 2.72. The minimum Gasteiger partial charge on any atom is -0.253 e. The number of nitriles is 1. The molecule has 0 amide bonds. The second kappa shape index (κ2) is 5.24. The quantitative estimate of drug-likeness (QED) is 0.771. The van der Waals surface area contributed by atoms with Crippen LogP contribution in [0.5, 0.6) is 0 Å². The summed E-state index contributed by atoms with van der Waals surface area (Å²) in [5, 5.41) is 8.53. The summed E-state index contributed by atoms with van der Waals surface area (Å²) in [4.78, 5) is 3.84. The molecule has 1 rings (SSSR count). The van der Waals surface area contributed by atoms with Gasteiger partial charge in [-0.2, -0.15) is 5.26 Å². The number of hydrogen-bond acceptors (Lipinski definition) is 2. The first kappa shape index (κ1) is 12.2. The van der Waals surface area contributed by atoms with E-state index in [0.717, 1.165) is 6.07 Å². The molecule has 0 aliphatic carbocycles. The van der Waals surface area contributed by atoms with Gasteiger partial charge in [-0.1, -0.05) is 11.6 Å². The van der Waals surface area contributed by atoms with Gasteiger partial charge in [0.2, 0.25) is 0 Å². The van der Waals surface area contributed by atoms with Gasteiger partial charge in [0.05, 0.1) is 34.8 Å². The molecule has 0 radical (unpaired) electrons. The molecule has 0 aromatic carbocycles. The predicted octanol–water partition coefficient (Wildman–Crippen LogP) is 3.48. The van der Waals surface area contributed by atoms with Crippen LogP contribution in [0, 0.1) is 11.3 Å². The van der Waals surface area contributed by atoms with Crippen LogP contribution in [0.4, 0.5) is 8.78 Å². The highest BCUT2D eigenvalue weighted by Crippen LogP contribution is 2.27. The van der Waals surface area contributed by atoms with Crippen LogP contribution in [0.25, 0.3) is 0 Å². The molecule has 0 atom stereocenters. The van der Waals surface area contributed by atoms with E-state index in [2.05, 4.69) is 4.98 Å². The zero-order valence-electron chi connectivity index (χ0n) is 7.48. The molecule has 15 heavy (non-hydrogen) atoms. The SMILES string of the molecule is N#CCc1nc(CCl)c(C(F)F)cc1Cl. The van der Waals surface area contributed by atoms with Gasteiger partial charge in [0.1, 0.15) is 0 Å². The maximum Gasteiger partial charge on any atom is 0.265 e. The summed E-state index contributed by atoms with van der Waals surface area (Å²) in [6, 6.07) is 2.96. The van der Waals surface area contributed by atoms with Gasteiger partial charge in [-0.05, 0) is 6.07 Å². The molecule has 0 saturated carbocycles. The van der Waals surface area contributed by atoms with Crippen molar-refractivity contribution >= 4 is 23.2 Å². The number of hydrogen-bond donors (Lipinski definition) is 0. The Kier molecular flexibility index (Phi) is 4.25. The lowest BCUT2D eigenvalue weighted by Gasteiger charge is -2.08. The molecular weight excluding hydrogens is 245 g/mol. The smallest absolute Gasteiger partial charge is 0.253 e. The van der Waals surface area contributed by atoms with Crippen LogP contribution in [0.1, 0.15) is 23.4 Å². The zero-order valence-corrected chi connectivity index (χ0v) is 8.99. The first-order valence-corrected chi connectivity index (χ1v) is 4.90. The van der Waals surface area contributed by atoms with Crippen molar-refractivity contribution in [3.8, 4) is 6.07 Å². The molecule has 6 heteroatoms. The molecule has 1 aromatic heterocycles. The van der Waals surface area contributed by atoms with E-state index in [4.69, 9.17) is 28.5 Å². The fraction of sp³-hybridized carbons (Fsp3) is 0.333. The Balaban J connectivity index is 3.24. The summed E-state index contributed by atoms with van der Waals surface area (Å²) in [5.74, 6) is -0.130. The van der Waals surface area contributed by atoms with Crippen molar-refractivity contribution in [2.45, 2.75) is 18.7 Å². The highest BCUT2D eigenvalue weighted by molar-refractivity contribution is 6.31. The minimum absolute atomic E-state index is 0.0216. The maximum absolute atomic E-state index is 12.5. The van der Waals surface area contributed by atoms with E-state index in [0.29, 0.717) is 0 Å². The molecule has 0 aliphatic rings. The Morgan fingerprint density at radius 1 is 1.47 bits per heavy atom. The van der Waals surface area contributed by atoms with E-state index < -0.39 is 6.43 Å². The van der Waals surface area contributed by atoms with Crippen molar-refractivity contribution in [3.63, 3.8) is 0 Å². The molecule has 1 heterocycles. The number of aromatic nitrogens is 1. The number of nitrogens with zero attached hydrogens (tertiary/aromatic N) is 2. The average molecular weight is 251 g/mol. The van der Waals surface area contributed by atoms with Crippen molar-refractivity contribution in [1.29, 1.82) is 5.26 Å². The standard InChI is InChI=1S/C9H6Cl2F2N2/c10-4-8-5(9(12)13)3-6(11)7(15-8)1-2-14/h3,9H,1,4H2. The van der Waals surface area contributed by atoms with Gasteiger partial charge in [0, 0.05) is 5.56 Å². The van der Waals surface area contributed by atoms with Crippen LogP contribution in [0.3, 0.4) is 0 Å². The summed E-state index contributed by atoms with van der Waals surface area (Å²) in [7, 11) is 0. The average Bonchev–Trinajstić information content (AvgIpc) is 2.20. The number of halogens is 4. The lowest BCUT2D eigenvalue weighted by molar-refractivity contribution is 0.150. The molecule has 0 bridgehead atoms. The van der Waals surface area contributed by atoms with Gasteiger partial charge in [-0.3, -0.25) is 4.98 Å². The molecule has 0 fully saturated rings. The first-order valence-electron chi connectivity index (χ1n) is 3.99. The molecule has 2 nitrogen and oxygen atoms in total. The topological polar surface area (TPSA) is 36.7 Å². The van der Waals surface area contributed by atoms with E-state index in [1.54, 1.807) is 0 Å². The largest absolute Gasteiger partial charge is 0.265 e. The molecule has 0 aliphatic heterocycles. The fourth-order valence-corrected chi connectivity index (χ4v) is 1.52. The normalized spacial score (nSPS) is 10.4. The Bertz CT molecular complexity index is 402. The third-order valence-electron chi connectivity index (χ3n) is 1.77. The number of rotatable bonds is 3. The van der Waals surface area contributed by atoms with Crippen molar-refractivity contribution in [3.05, 3.63) is 28.0 Å². The molecule has 0 N–H and O–H groups in total. The van der Waals surface area contributed by atoms with Crippen LogP contribution < -0.4 is 0 Å². The summed E-state index contributed by atoms with van der Waals surface area (Å²) < 4.78 is 25.0. The van der Waals surface area contributed by atoms with Gasteiger partial charge >= 0.3 is 0 Å². The highest BCUT2D eigenvalue weighted by atomic mass is 35.5.